The molecule has 1 heterocycles. The molecule has 1 aliphatic heterocycles. The van der Waals surface area contributed by atoms with Gasteiger partial charge in [-0.2, -0.15) is 0 Å². The molecule has 1 aliphatic carbocycles. The molecule has 1 saturated heterocycles. The average Bonchev–Trinajstić information content (AvgIpc) is 2.79. The molecule has 84 valence electrons. The van der Waals surface area contributed by atoms with Crippen LogP contribution in [0.1, 0.15) is 26.2 Å². The molecule has 0 aromatic heterocycles. The van der Waals surface area contributed by atoms with E-state index in [4.69, 9.17) is 5.11 Å². The van der Waals surface area contributed by atoms with Gasteiger partial charge in [0, 0.05) is 26.4 Å². The number of carbonyl (C=O) groups excluding carboxylic acids is 1. The summed E-state index contributed by atoms with van der Waals surface area (Å²) in [5.41, 5.74) is 0. The Bertz CT molecular complexity index is 280. The molecule has 1 N–H and O–H groups in total. The van der Waals surface area contributed by atoms with Crippen LogP contribution in [-0.4, -0.2) is 35.0 Å². The minimum absolute atomic E-state index is 0.108. The van der Waals surface area contributed by atoms with Crippen LogP contribution in [0.2, 0.25) is 0 Å². The molecule has 1 unspecified atom stereocenters. The molecule has 1 saturated carbocycles. The highest BCUT2D eigenvalue weighted by atomic mass is 16.4. The molecule has 2 rings (SSSR count). The second kappa shape index (κ2) is 3.83. The smallest absolute Gasteiger partial charge is 0.303 e. The van der Waals surface area contributed by atoms with Gasteiger partial charge in [0.2, 0.25) is 5.91 Å². The zero-order valence-electron chi connectivity index (χ0n) is 8.98. The van der Waals surface area contributed by atoms with Crippen LogP contribution in [-0.2, 0) is 9.59 Å². The van der Waals surface area contributed by atoms with Crippen molar-refractivity contribution in [3.05, 3.63) is 0 Å². The topological polar surface area (TPSA) is 57.6 Å². The number of carboxylic acids is 1. The summed E-state index contributed by atoms with van der Waals surface area (Å²) in [6.07, 6.45) is 2.63. The van der Waals surface area contributed by atoms with Gasteiger partial charge in [0.15, 0.2) is 0 Å². The molecular formula is C11H17NO3. The van der Waals surface area contributed by atoms with Crippen molar-refractivity contribution in [2.24, 2.45) is 17.8 Å². The Hall–Kier alpha value is -1.06. The van der Waals surface area contributed by atoms with Crippen molar-refractivity contribution in [1.82, 2.24) is 4.90 Å². The first-order valence-corrected chi connectivity index (χ1v) is 5.55. The molecule has 0 aromatic rings. The van der Waals surface area contributed by atoms with E-state index in [2.05, 4.69) is 0 Å². The van der Waals surface area contributed by atoms with Crippen molar-refractivity contribution in [2.75, 3.05) is 13.1 Å². The second-order valence-electron chi connectivity index (χ2n) is 4.78. The molecule has 2 fully saturated rings. The normalized spacial score (nSPS) is 23.4. The van der Waals surface area contributed by atoms with E-state index in [9.17, 15) is 9.59 Å². The minimum Gasteiger partial charge on any atom is -0.481 e. The van der Waals surface area contributed by atoms with E-state index in [1.165, 1.54) is 12.8 Å². The van der Waals surface area contributed by atoms with Gasteiger partial charge >= 0.3 is 5.97 Å². The lowest BCUT2D eigenvalue weighted by Gasteiger charge is -2.43. The summed E-state index contributed by atoms with van der Waals surface area (Å²) in [4.78, 5) is 23.5. The number of carbonyl (C=O) groups is 2. The number of rotatable bonds is 4. The number of carboxylic acid groups (broad SMARTS) is 1. The van der Waals surface area contributed by atoms with Crippen LogP contribution in [0.25, 0.3) is 0 Å². The molecule has 4 nitrogen and oxygen atoms in total. The summed E-state index contributed by atoms with van der Waals surface area (Å²) >= 11 is 0. The quantitative estimate of drug-likeness (QED) is 0.753. The molecule has 2 aliphatic rings. The summed E-state index contributed by atoms with van der Waals surface area (Å²) in [5.74, 6) is 0.750. The molecule has 0 aromatic carbocycles. The van der Waals surface area contributed by atoms with Crippen molar-refractivity contribution in [1.29, 1.82) is 0 Å². The zero-order valence-corrected chi connectivity index (χ0v) is 8.98. The first kappa shape index (κ1) is 10.5. The van der Waals surface area contributed by atoms with E-state index in [1.54, 1.807) is 11.8 Å². The van der Waals surface area contributed by atoms with E-state index in [0.29, 0.717) is 17.8 Å². The van der Waals surface area contributed by atoms with Gasteiger partial charge in [-0.3, -0.25) is 9.59 Å². The predicted octanol–water partition coefficient (Wildman–Crippen LogP) is 0.966. The molecule has 0 bridgehead atoms. The van der Waals surface area contributed by atoms with Gasteiger partial charge in [0.25, 0.3) is 0 Å². The molecule has 4 heteroatoms. The largest absolute Gasteiger partial charge is 0.481 e. The van der Waals surface area contributed by atoms with Crippen LogP contribution in [0.15, 0.2) is 0 Å². The van der Waals surface area contributed by atoms with Crippen molar-refractivity contribution < 1.29 is 14.7 Å². The van der Waals surface area contributed by atoms with Crippen LogP contribution in [0, 0.1) is 17.8 Å². The van der Waals surface area contributed by atoms with Gasteiger partial charge in [-0.25, -0.2) is 0 Å². The number of nitrogens with zero attached hydrogens (tertiary/aromatic N) is 1. The minimum atomic E-state index is -0.701. The molecular weight excluding hydrogens is 194 g/mol. The first-order chi connectivity index (χ1) is 7.08. The van der Waals surface area contributed by atoms with Gasteiger partial charge in [-0.1, -0.05) is 0 Å². The lowest BCUT2D eigenvalue weighted by molar-refractivity contribution is -0.141. The van der Waals surface area contributed by atoms with Crippen molar-refractivity contribution >= 4 is 11.9 Å². The van der Waals surface area contributed by atoms with Crippen LogP contribution in [0.5, 0.6) is 0 Å². The van der Waals surface area contributed by atoms with E-state index in [-0.39, 0.29) is 12.3 Å². The Morgan fingerprint density at radius 1 is 1.33 bits per heavy atom. The van der Waals surface area contributed by atoms with Gasteiger partial charge in [-0.15, -0.1) is 0 Å². The van der Waals surface area contributed by atoms with Gasteiger partial charge in [0.1, 0.15) is 0 Å². The highest BCUT2D eigenvalue weighted by molar-refractivity contribution is 5.74. The summed E-state index contributed by atoms with van der Waals surface area (Å²) in [7, 11) is 0. The predicted molar refractivity (Wildman–Crippen MR) is 54.2 cm³/mol. The standard InChI is InChI=1S/C11H17NO3/c1-7(13)12-5-9(6-12)10(4-11(14)15)8-2-3-8/h8-10H,2-6H2,1H3,(H,14,15). The maximum Gasteiger partial charge on any atom is 0.303 e. The maximum absolute atomic E-state index is 11.0. The summed E-state index contributed by atoms with van der Waals surface area (Å²) in [6, 6.07) is 0. The van der Waals surface area contributed by atoms with Crippen molar-refractivity contribution in [2.45, 2.75) is 26.2 Å². The van der Waals surface area contributed by atoms with Gasteiger partial charge < -0.3 is 10.0 Å². The fourth-order valence-corrected chi connectivity index (χ4v) is 2.48. The van der Waals surface area contributed by atoms with Crippen LogP contribution < -0.4 is 0 Å². The maximum atomic E-state index is 11.0. The fourth-order valence-electron chi connectivity index (χ4n) is 2.48. The molecule has 15 heavy (non-hydrogen) atoms. The average molecular weight is 211 g/mol. The molecule has 0 radical (unpaired) electrons. The number of likely N-dealkylation sites (tertiary alicyclic amines) is 1. The lowest BCUT2D eigenvalue weighted by atomic mass is 9.80. The van der Waals surface area contributed by atoms with E-state index >= 15 is 0 Å². The Kier molecular flexibility index (Phi) is 2.67. The summed E-state index contributed by atoms with van der Waals surface area (Å²) in [6.45, 7) is 3.10. The number of aliphatic carboxylic acids is 1. The Morgan fingerprint density at radius 3 is 2.33 bits per heavy atom. The van der Waals surface area contributed by atoms with Crippen LogP contribution in [0.3, 0.4) is 0 Å². The molecule has 1 atom stereocenters. The molecule has 0 spiro atoms. The monoisotopic (exact) mass is 211 g/mol. The summed E-state index contributed by atoms with van der Waals surface area (Å²) in [5, 5.41) is 8.82. The Balaban J connectivity index is 1.85. The van der Waals surface area contributed by atoms with Crippen molar-refractivity contribution in [3.63, 3.8) is 0 Å². The highest BCUT2D eigenvalue weighted by Gasteiger charge is 2.43. The number of hydrogen-bond donors (Lipinski definition) is 1. The fraction of sp³-hybridized carbons (Fsp3) is 0.818. The van der Waals surface area contributed by atoms with E-state index in [1.807, 2.05) is 0 Å². The second-order valence-corrected chi connectivity index (χ2v) is 4.78. The number of hydrogen-bond acceptors (Lipinski definition) is 2. The van der Waals surface area contributed by atoms with Crippen molar-refractivity contribution in [3.8, 4) is 0 Å². The Labute approximate surface area is 89.3 Å². The highest BCUT2D eigenvalue weighted by Crippen LogP contribution is 2.44. The van der Waals surface area contributed by atoms with Crippen LogP contribution >= 0.6 is 0 Å². The lowest BCUT2D eigenvalue weighted by Crippen LogP contribution is -2.52. The van der Waals surface area contributed by atoms with Gasteiger partial charge in [0.05, 0.1) is 0 Å². The Morgan fingerprint density at radius 2 is 1.93 bits per heavy atom. The first-order valence-electron chi connectivity index (χ1n) is 5.55. The SMILES string of the molecule is CC(=O)N1CC(C(CC(=O)O)C2CC2)C1. The third-order valence-electron chi connectivity index (χ3n) is 3.60. The van der Waals surface area contributed by atoms with Gasteiger partial charge in [-0.05, 0) is 30.6 Å². The van der Waals surface area contributed by atoms with E-state index < -0.39 is 5.97 Å². The third kappa shape index (κ3) is 2.30. The molecule has 1 amide bonds. The van der Waals surface area contributed by atoms with Crippen LogP contribution in [0.4, 0.5) is 0 Å². The third-order valence-corrected chi connectivity index (χ3v) is 3.60. The zero-order chi connectivity index (χ0) is 11.0. The number of amides is 1. The van der Waals surface area contributed by atoms with E-state index in [0.717, 1.165) is 13.1 Å². The summed E-state index contributed by atoms with van der Waals surface area (Å²) < 4.78 is 0.